The fraction of sp³-hybridized carbons (Fsp3) is 0.862. The number of esters is 2. The number of hydrogen-bond acceptors (Lipinski definition) is 8. The third kappa shape index (κ3) is 2.78. The molecule has 8 nitrogen and oxygen atoms in total. The number of fused-ring (bicyclic) bond motifs is 2. The summed E-state index contributed by atoms with van der Waals surface area (Å²) in [7, 11) is 0. The van der Waals surface area contributed by atoms with Crippen LogP contribution in [0.2, 0.25) is 0 Å². The largest absolute Gasteiger partial charge is 0.456 e. The summed E-state index contributed by atoms with van der Waals surface area (Å²) >= 11 is 0. The van der Waals surface area contributed by atoms with Gasteiger partial charge in [-0.05, 0) is 76.7 Å². The predicted molar refractivity (Wildman–Crippen MR) is 130 cm³/mol. The molecule has 0 aromatic heterocycles. The highest BCUT2D eigenvalue weighted by Crippen LogP contribution is 2.72. The normalized spacial score (nSPS) is 57.4. The van der Waals surface area contributed by atoms with Crippen LogP contribution in [0.4, 0.5) is 0 Å². The van der Waals surface area contributed by atoms with E-state index in [0.29, 0.717) is 37.7 Å². The SMILES string of the molecule is CC1=C[C@@H]([C@@H]2O[C@]34CC[C@]5(O)C[C@]67OC(=O)C[C@H]6OC(C)(C)[C@@H]7CC[C@H]5[C@@]3(C)[C@@H](O)C[C@@H]4[C@@H]2C)OC1=O. The van der Waals surface area contributed by atoms with Gasteiger partial charge in [-0.15, -0.1) is 0 Å². The lowest BCUT2D eigenvalue weighted by Crippen LogP contribution is -2.65. The zero-order valence-electron chi connectivity index (χ0n) is 22.5. The average molecular weight is 517 g/mol. The highest BCUT2D eigenvalue weighted by molar-refractivity contribution is 5.90. The van der Waals surface area contributed by atoms with Crippen LogP contribution in [-0.2, 0) is 28.5 Å². The topological polar surface area (TPSA) is 112 Å². The Kier molecular flexibility index (Phi) is 4.76. The average Bonchev–Trinajstić information content (AvgIpc) is 3.46. The molecule has 7 aliphatic rings. The van der Waals surface area contributed by atoms with E-state index in [9.17, 15) is 19.8 Å². The Morgan fingerprint density at radius 2 is 1.78 bits per heavy atom. The summed E-state index contributed by atoms with van der Waals surface area (Å²) in [6, 6.07) is 0. The zero-order chi connectivity index (χ0) is 26.3. The van der Waals surface area contributed by atoms with Crippen LogP contribution in [-0.4, -0.2) is 69.0 Å². The van der Waals surface area contributed by atoms with Gasteiger partial charge in [0.05, 0.1) is 29.3 Å². The van der Waals surface area contributed by atoms with Crippen LogP contribution in [0, 0.1) is 29.1 Å². The lowest BCUT2D eigenvalue weighted by molar-refractivity contribution is -0.252. The minimum absolute atomic E-state index is 0.0258. The summed E-state index contributed by atoms with van der Waals surface area (Å²) in [4.78, 5) is 24.7. The second-order valence-corrected chi connectivity index (χ2v) is 14.0. The lowest BCUT2D eigenvalue weighted by atomic mass is 9.51. The molecule has 8 heteroatoms. The fourth-order valence-electron chi connectivity index (χ4n) is 10.6. The van der Waals surface area contributed by atoms with Crippen molar-refractivity contribution in [3.63, 3.8) is 0 Å². The molecule has 0 radical (unpaired) electrons. The summed E-state index contributed by atoms with van der Waals surface area (Å²) in [5, 5.41) is 24.2. The fourth-order valence-corrected chi connectivity index (χ4v) is 10.6. The van der Waals surface area contributed by atoms with E-state index < -0.39 is 40.0 Å². The molecule has 0 amide bonds. The van der Waals surface area contributed by atoms with Crippen LogP contribution in [0.15, 0.2) is 11.6 Å². The van der Waals surface area contributed by atoms with E-state index in [4.69, 9.17) is 18.9 Å². The molecule has 6 fully saturated rings. The number of aliphatic hydroxyl groups is 2. The molecular formula is C29H40O8. The van der Waals surface area contributed by atoms with E-state index >= 15 is 0 Å². The van der Waals surface area contributed by atoms with Gasteiger partial charge in [-0.25, -0.2) is 4.79 Å². The van der Waals surface area contributed by atoms with Gasteiger partial charge in [-0.2, -0.15) is 0 Å². The molecule has 0 bridgehead atoms. The number of carbonyl (C=O) groups excluding carboxylic acids is 2. The first-order chi connectivity index (χ1) is 17.3. The van der Waals surface area contributed by atoms with Gasteiger partial charge in [0, 0.05) is 23.3 Å². The van der Waals surface area contributed by atoms with Crippen LogP contribution in [0.5, 0.6) is 0 Å². The molecule has 3 saturated carbocycles. The zero-order valence-corrected chi connectivity index (χ0v) is 22.5. The maximum Gasteiger partial charge on any atom is 0.334 e. The molecule has 204 valence electrons. The van der Waals surface area contributed by atoms with Crippen LogP contribution in [0.25, 0.3) is 0 Å². The van der Waals surface area contributed by atoms with E-state index in [-0.39, 0.29) is 54.2 Å². The number of aliphatic hydroxyl groups excluding tert-OH is 1. The van der Waals surface area contributed by atoms with Crippen molar-refractivity contribution >= 4 is 11.9 Å². The third-order valence-electron chi connectivity index (χ3n) is 12.2. The van der Waals surface area contributed by atoms with Gasteiger partial charge in [0.2, 0.25) is 0 Å². The first-order valence-electron chi connectivity index (χ1n) is 14.1. The molecule has 7 rings (SSSR count). The maximum absolute atomic E-state index is 12.5. The molecule has 0 aromatic rings. The molecular weight excluding hydrogens is 476 g/mol. The summed E-state index contributed by atoms with van der Waals surface area (Å²) in [6.45, 7) is 10.2. The van der Waals surface area contributed by atoms with Crippen molar-refractivity contribution < 1.29 is 38.7 Å². The second-order valence-electron chi connectivity index (χ2n) is 14.0. The van der Waals surface area contributed by atoms with Gasteiger partial charge in [-0.1, -0.05) is 13.8 Å². The second kappa shape index (κ2) is 7.18. The summed E-state index contributed by atoms with van der Waals surface area (Å²) in [5.74, 6) is -0.596. The predicted octanol–water partition coefficient (Wildman–Crippen LogP) is 2.82. The number of hydrogen-bond donors (Lipinski definition) is 2. The Bertz CT molecular complexity index is 1100. The third-order valence-corrected chi connectivity index (χ3v) is 12.2. The van der Waals surface area contributed by atoms with Gasteiger partial charge in [0.1, 0.15) is 23.9 Å². The molecule has 12 atom stereocenters. The Balaban J connectivity index is 1.28. The Morgan fingerprint density at radius 1 is 1.05 bits per heavy atom. The van der Waals surface area contributed by atoms with Crippen molar-refractivity contribution in [2.45, 2.75) is 126 Å². The van der Waals surface area contributed by atoms with Crippen molar-refractivity contribution in [3.05, 3.63) is 11.6 Å². The lowest BCUT2D eigenvalue weighted by Gasteiger charge is -2.59. The van der Waals surface area contributed by atoms with E-state index in [1.165, 1.54) is 0 Å². The Labute approximate surface area is 218 Å². The summed E-state index contributed by atoms with van der Waals surface area (Å²) < 4.78 is 25.2. The van der Waals surface area contributed by atoms with E-state index in [1.54, 1.807) is 6.92 Å². The van der Waals surface area contributed by atoms with Crippen LogP contribution in [0.3, 0.4) is 0 Å². The number of rotatable bonds is 1. The minimum atomic E-state index is -1.11. The molecule has 0 unspecified atom stereocenters. The molecule has 3 saturated heterocycles. The molecule has 37 heavy (non-hydrogen) atoms. The Morgan fingerprint density at radius 3 is 2.49 bits per heavy atom. The van der Waals surface area contributed by atoms with Crippen molar-refractivity contribution in [2.75, 3.05) is 0 Å². The molecule has 2 N–H and O–H groups in total. The standard InChI is InChI=1S/C29H40O8/c1-14-10-17(34-24(14)32)23-15(2)16-11-20(30)26(5)19-7-6-18-25(3,4)35-21-12-22(31)36-28(18,21)13-27(19,33)8-9-29(16,26)37-23/h10,15-21,23,30,33H,6-9,11-13H2,1-5H3/t15-,16+,17-,18-,19-,20-,21+,23+,26-,27-,28+,29-/m0/s1. The summed E-state index contributed by atoms with van der Waals surface area (Å²) in [5.41, 5.74) is -3.10. The molecule has 4 aliphatic heterocycles. The van der Waals surface area contributed by atoms with Crippen molar-refractivity contribution in [3.8, 4) is 0 Å². The highest BCUT2D eigenvalue weighted by Gasteiger charge is 2.78. The monoisotopic (exact) mass is 516 g/mol. The molecule has 0 aromatic carbocycles. The van der Waals surface area contributed by atoms with Crippen LogP contribution >= 0.6 is 0 Å². The maximum atomic E-state index is 12.5. The Hall–Kier alpha value is -1.48. The van der Waals surface area contributed by atoms with Crippen molar-refractivity contribution in [1.29, 1.82) is 0 Å². The van der Waals surface area contributed by atoms with Gasteiger partial charge in [0.15, 0.2) is 0 Å². The number of ether oxygens (including phenoxy) is 4. The van der Waals surface area contributed by atoms with E-state index in [1.807, 2.05) is 6.08 Å². The van der Waals surface area contributed by atoms with Gasteiger partial charge in [0.25, 0.3) is 0 Å². The van der Waals surface area contributed by atoms with Gasteiger partial charge >= 0.3 is 11.9 Å². The highest BCUT2D eigenvalue weighted by atomic mass is 16.6. The van der Waals surface area contributed by atoms with Crippen LogP contribution in [0.1, 0.15) is 79.6 Å². The van der Waals surface area contributed by atoms with E-state index in [0.717, 1.165) is 6.42 Å². The summed E-state index contributed by atoms with van der Waals surface area (Å²) in [6.07, 6.45) is 3.91. The van der Waals surface area contributed by atoms with Crippen molar-refractivity contribution in [2.24, 2.45) is 29.1 Å². The first kappa shape index (κ1) is 24.6. The van der Waals surface area contributed by atoms with Crippen molar-refractivity contribution in [1.82, 2.24) is 0 Å². The smallest absolute Gasteiger partial charge is 0.334 e. The first-order valence-corrected chi connectivity index (χ1v) is 14.1. The minimum Gasteiger partial charge on any atom is -0.456 e. The quantitative estimate of drug-likeness (QED) is 0.512. The van der Waals surface area contributed by atoms with E-state index in [2.05, 4.69) is 27.7 Å². The molecule has 3 aliphatic carbocycles. The van der Waals surface area contributed by atoms with Gasteiger partial charge in [-0.3, -0.25) is 4.79 Å². The molecule has 4 heterocycles. The number of cyclic esters (lactones) is 1. The van der Waals surface area contributed by atoms with Gasteiger partial charge < -0.3 is 29.2 Å². The number of carbonyl (C=O) groups is 2. The van der Waals surface area contributed by atoms with Crippen LogP contribution < -0.4 is 0 Å². The molecule has 2 spiro atoms.